The second-order valence-electron chi connectivity index (χ2n) is 5.55. The molecule has 0 unspecified atom stereocenters. The summed E-state index contributed by atoms with van der Waals surface area (Å²) in [6, 6.07) is 4.16. The lowest BCUT2D eigenvalue weighted by Crippen LogP contribution is -2.54. The molecule has 5 heteroatoms. The summed E-state index contributed by atoms with van der Waals surface area (Å²) in [5.74, 6) is 0. The van der Waals surface area contributed by atoms with Crippen LogP contribution in [0.3, 0.4) is 0 Å². The van der Waals surface area contributed by atoms with Crippen molar-refractivity contribution < 1.29 is 0 Å². The minimum atomic E-state index is 0.295. The number of rotatable bonds is 4. The number of thiazole rings is 1. The van der Waals surface area contributed by atoms with Crippen LogP contribution < -0.4 is 11.1 Å². The molecule has 0 bridgehead atoms. The number of anilines is 2. The first kappa shape index (κ1) is 12.7. The number of fused-ring (bicyclic) bond motifs is 1. The Kier molecular flexibility index (Phi) is 3.11. The fraction of sp³-hybridized carbons (Fsp3) is 0.500. The van der Waals surface area contributed by atoms with E-state index in [9.17, 15) is 0 Å². The fourth-order valence-corrected chi connectivity index (χ4v) is 3.43. The van der Waals surface area contributed by atoms with Crippen LogP contribution in [-0.2, 0) is 0 Å². The van der Waals surface area contributed by atoms with Gasteiger partial charge in [0.15, 0.2) is 0 Å². The maximum Gasteiger partial charge on any atom is 0.106 e. The van der Waals surface area contributed by atoms with Crippen LogP contribution in [0.2, 0.25) is 0 Å². The molecule has 1 heterocycles. The van der Waals surface area contributed by atoms with Crippen molar-refractivity contribution in [3.8, 4) is 0 Å². The molecule has 102 valence electrons. The number of hydrogen-bond acceptors (Lipinski definition) is 5. The summed E-state index contributed by atoms with van der Waals surface area (Å²) in [4.78, 5) is 6.67. The van der Waals surface area contributed by atoms with Gasteiger partial charge >= 0.3 is 0 Å². The highest BCUT2D eigenvalue weighted by Gasteiger charge is 2.38. The first-order valence-corrected chi connectivity index (χ1v) is 7.53. The molecule has 0 radical (unpaired) electrons. The smallest absolute Gasteiger partial charge is 0.106 e. The number of nitrogens with one attached hydrogen (secondary N) is 1. The zero-order valence-corrected chi connectivity index (χ0v) is 12.3. The summed E-state index contributed by atoms with van der Waals surface area (Å²) >= 11 is 1.63. The maximum absolute atomic E-state index is 6.20. The number of nitrogens with zero attached hydrogens (tertiary/aromatic N) is 2. The first-order chi connectivity index (χ1) is 9.12. The molecule has 3 rings (SSSR count). The van der Waals surface area contributed by atoms with Crippen molar-refractivity contribution in [1.29, 1.82) is 0 Å². The zero-order valence-electron chi connectivity index (χ0n) is 11.4. The van der Waals surface area contributed by atoms with Crippen LogP contribution in [0.15, 0.2) is 17.6 Å². The largest absolute Gasteiger partial charge is 0.395 e. The van der Waals surface area contributed by atoms with Gasteiger partial charge in [0, 0.05) is 12.1 Å². The molecule has 0 atom stereocenters. The Morgan fingerprint density at radius 2 is 2.21 bits per heavy atom. The number of likely N-dealkylation sites (N-methyl/N-ethyl adjacent to an activating group) is 1. The topological polar surface area (TPSA) is 54.2 Å². The van der Waals surface area contributed by atoms with E-state index >= 15 is 0 Å². The summed E-state index contributed by atoms with van der Waals surface area (Å²) in [6.07, 6.45) is 3.83. The van der Waals surface area contributed by atoms with Gasteiger partial charge in [0.05, 0.1) is 21.6 Å². The molecule has 3 N–H and O–H groups in total. The molecule has 0 amide bonds. The van der Waals surface area contributed by atoms with Crippen LogP contribution in [0.25, 0.3) is 10.2 Å². The van der Waals surface area contributed by atoms with Crippen molar-refractivity contribution in [2.24, 2.45) is 0 Å². The molecule has 1 saturated carbocycles. The molecule has 1 fully saturated rings. The van der Waals surface area contributed by atoms with E-state index < -0.39 is 0 Å². The fourth-order valence-electron chi connectivity index (χ4n) is 2.73. The van der Waals surface area contributed by atoms with Gasteiger partial charge in [-0.05, 0) is 45.5 Å². The number of nitrogen functional groups attached to an aromatic ring is 1. The van der Waals surface area contributed by atoms with E-state index in [1.54, 1.807) is 11.3 Å². The molecule has 0 aliphatic heterocycles. The quantitative estimate of drug-likeness (QED) is 0.843. The van der Waals surface area contributed by atoms with Gasteiger partial charge in [-0.1, -0.05) is 0 Å². The Bertz CT molecular complexity index is 586. The van der Waals surface area contributed by atoms with Gasteiger partial charge in [0.2, 0.25) is 0 Å². The number of aromatic nitrogens is 1. The lowest BCUT2D eigenvalue weighted by molar-refractivity contribution is 0.0739. The summed E-state index contributed by atoms with van der Waals surface area (Å²) in [5.41, 5.74) is 11.0. The van der Waals surface area contributed by atoms with Crippen molar-refractivity contribution in [2.75, 3.05) is 31.7 Å². The van der Waals surface area contributed by atoms with Crippen molar-refractivity contribution in [3.05, 3.63) is 17.6 Å². The van der Waals surface area contributed by atoms with E-state index in [-0.39, 0.29) is 0 Å². The summed E-state index contributed by atoms with van der Waals surface area (Å²) in [5, 5.41) is 3.52. The Hall–Kier alpha value is -1.33. The highest BCUT2D eigenvalue weighted by molar-refractivity contribution is 7.16. The van der Waals surface area contributed by atoms with Crippen LogP contribution in [0.4, 0.5) is 11.4 Å². The van der Waals surface area contributed by atoms with E-state index in [2.05, 4.69) is 41.4 Å². The van der Waals surface area contributed by atoms with Crippen LogP contribution >= 0.6 is 11.3 Å². The Balaban J connectivity index is 1.80. The van der Waals surface area contributed by atoms with E-state index in [0.29, 0.717) is 5.54 Å². The molecule has 1 aliphatic carbocycles. The van der Waals surface area contributed by atoms with Gasteiger partial charge in [-0.25, -0.2) is 4.98 Å². The van der Waals surface area contributed by atoms with Crippen molar-refractivity contribution in [3.63, 3.8) is 0 Å². The molecule has 1 aromatic carbocycles. The van der Waals surface area contributed by atoms with E-state index in [4.69, 9.17) is 5.73 Å². The highest BCUT2D eigenvalue weighted by Crippen LogP contribution is 2.37. The molecule has 1 aromatic heterocycles. The molecular formula is C14H20N4S. The summed E-state index contributed by atoms with van der Waals surface area (Å²) < 4.78 is 1.15. The molecule has 0 saturated heterocycles. The van der Waals surface area contributed by atoms with Crippen LogP contribution in [0.1, 0.15) is 19.3 Å². The molecule has 19 heavy (non-hydrogen) atoms. The van der Waals surface area contributed by atoms with E-state index in [1.807, 2.05) is 5.51 Å². The second kappa shape index (κ2) is 4.65. The maximum atomic E-state index is 6.20. The monoisotopic (exact) mass is 276 g/mol. The predicted molar refractivity (Wildman–Crippen MR) is 82.8 cm³/mol. The van der Waals surface area contributed by atoms with Gasteiger partial charge in [0.25, 0.3) is 0 Å². The van der Waals surface area contributed by atoms with Gasteiger partial charge in [-0.15, -0.1) is 11.3 Å². The Morgan fingerprint density at radius 1 is 1.42 bits per heavy atom. The third-order valence-electron chi connectivity index (χ3n) is 4.38. The minimum absolute atomic E-state index is 0.295. The second-order valence-corrected chi connectivity index (χ2v) is 6.44. The molecule has 0 spiro atoms. The van der Waals surface area contributed by atoms with E-state index in [1.165, 1.54) is 19.3 Å². The minimum Gasteiger partial charge on any atom is -0.395 e. The van der Waals surface area contributed by atoms with Gasteiger partial charge in [-0.3, -0.25) is 0 Å². The zero-order chi connectivity index (χ0) is 13.5. The average molecular weight is 276 g/mol. The van der Waals surface area contributed by atoms with Gasteiger partial charge in [-0.2, -0.15) is 0 Å². The predicted octanol–water partition coefficient (Wildman–Crippen LogP) is 2.77. The van der Waals surface area contributed by atoms with Crippen LogP contribution in [-0.4, -0.2) is 36.1 Å². The van der Waals surface area contributed by atoms with Crippen molar-refractivity contribution in [1.82, 2.24) is 9.88 Å². The number of hydrogen-bond donors (Lipinski definition) is 2. The van der Waals surface area contributed by atoms with Gasteiger partial charge in [0.1, 0.15) is 5.52 Å². The Labute approximate surface area is 117 Å². The van der Waals surface area contributed by atoms with Crippen LogP contribution in [0, 0.1) is 0 Å². The lowest BCUT2D eigenvalue weighted by Gasteiger charge is -2.47. The van der Waals surface area contributed by atoms with E-state index in [0.717, 1.165) is 28.1 Å². The SMILES string of the molecule is CN(C)C1(CNc2ccc3scnc3c2N)CCC1. The van der Waals surface area contributed by atoms with Crippen molar-refractivity contribution in [2.45, 2.75) is 24.8 Å². The molecular weight excluding hydrogens is 256 g/mol. The summed E-state index contributed by atoms with van der Waals surface area (Å²) in [6.45, 7) is 0.944. The third-order valence-corrected chi connectivity index (χ3v) is 5.18. The normalized spacial score (nSPS) is 17.6. The first-order valence-electron chi connectivity index (χ1n) is 6.65. The molecule has 4 nitrogen and oxygen atoms in total. The highest BCUT2D eigenvalue weighted by atomic mass is 32.1. The average Bonchev–Trinajstić information content (AvgIpc) is 2.78. The third kappa shape index (κ3) is 2.07. The van der Waals surface area contributed by atoms with Crippen LogP contribution in [0.5, 0.6) is 0 Å². The Morgan fingerprint density at radius 3 is 2.84 bits per heavy atom. The molecule has 1 aliphatic rings. The lowest BCUT2D eigenvalue weighted by atomic mass is 9.75. The number of nitrogens with two attached hydrogens (primary N) is 1. The summed E-state index contributed by atoms with van der Waals surface area (Å²) in [7, 11) is 4.32. The standard InChI is InChI=1S/C14H20N4S/c1-18(2)14(6-3-7-14)8-16-10-4-5-11-13(12(10)15)17-9-19-11/h4-5,9,16H,3,6-8,15H2,1-2H3. The van der Waals surface area contributed by atoms with Crippen molar-refractivity contribution >= 4 is 32.9 Å². The number of benzene rings is 1. The molecule has 2 aromatic rings. The van der Waals surface area contributed by atoms with Gasteiger partial charge < -0.3 is 16.0 Å².